The number of ether oxygens (including phenoxy) is 1. The molecule has 0 spiro atoms. The van der Waals surface area contributed by atoms with Gasteiger partial charge in [0.1, 0.15) is 0 Å². The van der Waals surface area contributed by atoms with Crippen LogP contribution < -0.4 is 0 Å². The van der Waals surface area contributed by atoms with Crippen LogP contribution in [-0.2, 0) is 4.74 Å². The zero-order valence-corrected chi connectivity index (χ0v) is 10.1. The normalized spacial score (nSPS) is 39.0. The molecule has 0 aromatic rings. The van der Waals surface area contributed by atoms with Crippen LogP contribution in [0.25, 0.3) is 0 Å². The lowest BCUT2D eigenvalue weighted by molar-refractivity contribution is -0.0538. The van der Waals surface area contributed by atoms with Crippen molar-refractivity contribution in [1.29, 1.82) is 0 Å². The Labute approximate surface area is 78.3 Å². The van der Waals surface area contributed by atoms with E-state index in [9.17, 15) is 0 Å². The minimum absolute atomic E-state index is 0.398. The zero-order valence-electron chi connectivity index (χ0n) is 8.14. The second-order valence-corrected chi connectivity index (χ2v) is 6.29. The molecule has 1 saturated carbocycles. The Bertz CT molecular complexity index is 146. The highest BCUT2D eigenvalue weighted by molar-refractivity contribution is 6.14. The standard InChI is InChI=1S/C10H20OSi/c12-10(7-3-4-8-11-10)9-5-1-2-6-9/h9H,1-8H2,12H3. The predicted molar refractivity (Wildman–Crippen MR) is 54.4 cm³/mol. The summed E-state index contributed by atoms with van der Waals surface area (Å²) in [5.41, 5.74) is 0. The van der Waals surface area contributed by atoms with Gasteiger partial charge in [-0.15, -0.1) is 0 Å². The van der Waals surface area contributed by atoms with E-state index in [0.29, 0.717) is 5.22 Å². The van der Waals surface area contributed by atoms with Crippen molar-refractivity contribution < 1.29 is 4.74 Å². The minimum Gasteiger partial charge on any atom is -0.379 e. The second-order valence-electron chi connectivity index (χ2n) is 4.60. The number of hydrogen-bond acceptors (Lipinski definition) is 1. The Hall–Kier alpha value is 0.177. The first-order valence-corrected chi connectivity index (χ1v) is 6.45. The van der Waals surface area contributed by atoms with Gasteiger partial charge in [-0.05, 0) is 38.0 Å². The first-order chi connectivity index (χ1) is 5.81. The van der Waals surface area contributed by atoms with Crippen molar-refractivity contribution >= 4 is 10.2 Å². The molecule has 1 aliphatic carbocycles. The highest BCUT2D eigenvalue weighted by Crippen LogP contribution is 2.39. The van der Waals surface area contributed by atoms with Crippen LogP contribution in [0.15, 0.2) is 0 Å². The fourth-order valence-corrected chi connectivity index (χ4v) is 3.95. The van der Waals surface area contributed by atoms with Crippen LogP contribution in [0, 0.1) is 5.92 Å². The summed E-state index contributed by atoms with van der Waals surface area (Å²) in [7, 11) is 1.25. The molecule has 1 nitrogen and oxygen atoms in total. The van der Waals surface area contributed by atoms with Gasteiger partial charge >= 0.3 is 0 Å². The van der Waals surface area contributed by atoms with Crippen molar-refractivity contribution in [2.45, 2.75) is 50.2 Å². The van der Waals surface area contributed by atoms with E-state index in [0.717, 1.165) is 12.5 Å². The predicted octanol–water partition coefficient (Wildman–Crippen LogP) is 1.44. The van der Waals surface area contributed by atoms with Gasteiger partial charge in [-0.3, -0.25) is 0 Å². The molecule has 0 radical (unpaired) electrons. The van der Waals surface area contributed by atoms with Gasteiger partial charge in [0.25, 0.3) is 0 Å². The van der Waals surface area contributed by atoms with Gasteiger partial charge in [0.15, 0.2) is 0 Å². The molecule has 1 atom stereocenters. The van der Waals surface area contributed by atoms with Gasteiger partial charge in [-0.2, -0.15) is 0 Å². The summed E-state index contributed by atoms with van der Waals surface area (Å²) in [6.07, 6.45) is 9.89. The molecule has 0 N–H and O–H groups in total. The second kappa shape index (κ2) is 3.50. The van der Waals surface area contributed by atoms with Crippen LogP contribution in [0.5, 0.6) is 0 Å². The summed E-state index contributed by atoms with van der Waals surface area (Å²) in [4.78, 5) is 0. The maximum Gasteiger partial charge on any atom is 0.0513 e. The van der Waals surface area contributed by atoms with Gasteiger partial charge in [0.2, 0.25) is 0 Å². The van der Waals surface area contributed by atoms with E-state index >= 15 is 0 Å². The third kappa shape index (κ3) is 1.60. The van der Waals surface area contributed by atoms with Crippen LogP contribution in [0.3, 0.4) is 0 Å². The van der Waals surface area contributed by atoms with Crippen molar-refractivity contribution in [2.24, 2.45) is 5.92 Å². The molecule has 0 amide bonds. The van der Waals surface area contributed by atoms with Crippen molar-refractivity contribution in [3.8, 4) is 0 Å². The largest absolute Gasteiger partial charge is 0.379 e. The summed E-state index contributed by atoms with van der Waals surface area (Å²) < 4.78 is 6.01. The van der Waals surface area contributed by atoms with Crippen molar-refractivity contribution in [3.05, 3.63) is 0 Å². The lowest BCUT2D eigenvalue weighted by Gasteiger charge is -2.39. The van der Waals surface area contributed by atoms with Gasteiger partial charge in [0, 0.05) is 16.8 Å². The third-order valence-corrected chi connectivity index (χ3v) is 5.32. The molecule has 2 heteroatoms. The molecule has 70 valence electrons. The lowest BCUT2D eigenvalue weighted by Crippen LogP contribution is -2.43. The quantitative estimate of drug-likeness (QED) is 0.560. The maximum absolute atomic E-state index is 6.01. The Kier molecular flexibility index (Phi) is 2.56. The van der Waals surface area contributed by atoms with E-state index in [1.807, 2.05) is 0 Å². The van der Waals surface area contributed by atoms with Gasteiger partial charge in [-0.1, -0.05) is 12.8 Å². The highest BCUT2D eigenvalue weighted by atomic mass is 28.1. The summed E-state index contributed by atoms with van der Waals surface area (Å²) >= 11 is 0. The van der Waals surface area contributed by atoms with Crippen LogP contribution in [-0.4, -0.2) is 22.1 Å². The molecule has 1 saturated heterocycles. The summed E-state index contributed by atoms with van der Waals surface area (Å²) in [5.74, 6) is 0.935. The molecular formula is C10H20OSi. The molecule has 1 aliphatic heterocycles. The molecule has 2 fully saturated rings. The maximum atomic E-state index is 6.01. The van der Waals surface area contributed by atoms with E-state index in [-0.39, 0.29) is 0 Å². The highest BCUT2D eigenvalue weighted by Gasteiger charge is 2.37. The molecule has 0 aromatic heterocycles. The SMILES string of the molecule is [SiH3]C1(C2CCCC2)CCCCO1. The van der Waals surface area contributed by atoms with E-state index in [1.165, 1.54) is 55.2 Å². The molecule has 2 rings (SSSR count). The molecule has 1 unspecified atom stereocenters. The Morgan fingerprint density at radius 2 is 1.83 bits per heavy atom. The van der Waals surface area contributed by atoms with Gasteiger partial charge in [0.05, 0.1) is 5.22 Å². The van der Waals surface area contributed by atoms with Crippen molar-refractivity contribution in [3.63, 3.8) is 0 Å². The average molecular weight is 184 g/mol. The molecule has 12 heavy (non-hydrogen) atoms. The minimum atomic E-state index is 0.398. The van der Waals surface area contributed by atoms with Crippen LogP contribution in [0.4, 0.5) is 0 Å². The summed E-state index contributed by atoms with van der Waals surface area (Å²) in [5, 5.41) is 0.398. The van der Waals surface area contributed by atoms with Crippen LogP contribution >= 0.6 is 0 Å². The first-order valence-electron chi connectivity index (χ1n) is 5.45. The Morgan fingerprint density at radius 3 is 2.42 bits per heavy atom. The molecule has 1 heterocycles. The number of rotatable bonds is 1. The Morgan fingerprint density at radius 1 is 1.08 bits per heavy atom. The van der Waals surface area contributed by atoms with Crippen molar-refractivity contribution in [1.82, 2.24) is 0 Å². The lowest BCUT2D eigenvalue weighted by atomic mass is 9.93. The van der Waals surface area contributed by atoms with Crippen LogP contribution in [0.1, 0.15) is 44.9 Å². The fraction of sp³-hybridized carbons (Fsp3) is 1.00. The fourth-order valence-electron chi connectivity index (χ4n) is 2.81. The molecule has 0 aromatic carbocycles. The summed E-state index contributed by atoms with van der Waals surface area (Å²) in [6, 6.07) is 0. The zero-order chi connectivity index (χ0) is 8.44. The molecule has 0 bridgehead atoms. The van der Waals surface area contributed by atoms with E-state index in [1.54, 1.807) is 0 Å². The smallest absolute Gasteiger partial charge is 0.0513 e. The third-order valence-electron chi connectivity index (χ3n) is 3.72. The molecule has 2 aliphatic rings. The van der Waals surface area contributed by atoms with Crippen LogP contribution in [0.2, 0.25) is 0 Å². The molecular weight excluding hydrogens is 164 g/mol. The number of hydrogen-bond donors (Lipinski definition) is 0. The topological polar surface area (TPSA) is 9.23 Å². The Balaban J connectivity index is 1.97. The average Bonchev–Trinajstić information content (AvgIpc) is 2.58. The monoisotopic (exact) mass is 184 g/mol. The first kappa shape index (κ1) is 8.76. The van der Waals surface area contributed by atoms with E-state index in [4.69, 9.17) is 4.74 Å². The van der Waals surface area contributed by atoms with E-state index in [2.05, 4.69) is 0 Å². The summed E-state index contributed by atoms with van der Waals surface area (Å²) in [6.45, 7) is 1.04. The van der Waals surface area contributed by atoms with E-state index < -0.39 is 0 Å². The van der Waals surface area contributed by atoms with Gasteiger partial charge < -0.3 is 4.74 Å². The van der Waals surface area contributed by atoms with Crippen molar-refractivity contribution in [2.75, 3.05) is 6.61 Å². The van der Waals surface area contributed by atoms with Gasteiger partial charge in [-0.25, -0.2) is 0 Å².